The Morgan fingerprint density at radius 3 is 2.85 bits per heavy atom. The van der Waals surface area contributed by atoms with E-state index < -0.39 is 0 Å². The summed E-state index contributed by atoms with van der Waals surface area (Å²) >= 11 is 1.70. The molecular formula is C15H22N4S. The van der Waals surface area contributed by atoms with Crippen LogP contribution in [0, 0.1) is 0 Å². The van der Waals surface area contributed by atoms with Crippen molar-refractivity contribution in [2.45, 2.75) is 32.9 Å². The van der Waals surface area contributed by atoms with Crippen LogP contribution in [0.3, 0.4) is 0 Å². The van der Waals surface area contributed by atoms with Gasteiger partial charge in [0.05, 0.1) is 5.69 Å². The molecule has 2 rings (SSSR count). The van der Waals surface area contributed by atoms with Gasteiger partial charge in [0.25, 0.3) is 0 Å². The van der Waals surface area contributed by atoms with E-state index in [1.807, 2.05) is 18.3 Å². The summed E-state index contributed by atoms with van der Waals surface area (Å²) in [5.74, 6) is 0. The standard InChI is InChI=1S/C15H22N4S/c1-12(2)17-10-14-11-20-15(18-14)19(3)9-7-13-6-4-5-8-16-13/h4-6,8,11-12,17H,7,9-10H2,1-3H3. The minimum atomic E-state index is 0.488. The van der Waals surface area contributed by atoms with E-state index in [9.17, 15) is 0 Å². The molecule has 0 radical (unpaired) electrons. The van der Waals surface area contributed by atoms with Crippen LogP contribution in [0.5, 0.6) is 0 Å². The van der Waals surface area contributed by atoms with E-state index in [2.05, 4.69) is 52.5 Å². The molecular weight excluding hydrogens is 268 g/mol. The zero-order valence-corrected chi connectivity index (χ0v) is 13.2. The van der Waals surface area contributed by atoms with Gasteiger partial charge in [-0.1, -0.05) is 19.9 Å². The monoisotopic (exact) mass is 290 g/mol. The summed E-state index contributed by atoms with van der Waals surface area (Å²) in [6.45, 7) is 6.06. The molecule has 20 heavy (non-hydrogen) atoms. The van der Waals surface area contributed by atoms with Crippen molar-refractivity contribution < 1.29 is 0 Å². The van der Waals surface area contributed by atoms with Gasteiger partial charge in [-0.15, -0.1) is 11.3 Å². The number of likely N-dealkylation sites (N-methyl/N-ethyl adjacent to an activating group) is 1. The minimum Gasteiger partial charge on any atom is -0.351 e. The number of rotatable bonds is 7. The number of anilines is 1. The minimum absolute atomic E-state index is 0.488. The second-order valence-electron chi connectivity index (χ2n) is 5.15. The number of aromatic nitrogens is 2. The average molecular weight is 290 g/mol. The number of pyridine rings is 1. The van der Waals surface area contributed by atoms with Crippen molar-refractivity contribution in [2.24, 2.45) is 0 Å². The quantitative estimate of drug-likeness (QED) is 0.851. The molecule has 108 valence electrons. The highest BCUT2D eigenvalue weighted by molar-refractivity contribution is 7.13. The van der Waals surface area contributed by atoms with Gasteiger partial charge in [0.2, 0.25) is 0 Å². The molecule has 0 spiro atoms. The molecule has 0 fully saturated rings. The van der Waals surface area contributed by atoms with E-state index in [4.69, 9.17) is 0 Å². The van der Waals surface area contributed by atoms with Gasteiger partial charge in [-0.05, 0) is 12.1 Å². The Bertz CT molecular complexity index is 510. The highest BCUT2D eigenvalue weighted by atomic mass is 32.1. The maximum Gasteiger partial charge on any atom is 0.185 e. The molecule has 2 aromatic rings. The first-order valence-electron chi connectivity index (χ1n) is 6.94. The molecule has 0 atom stereocenters. The van der Waals surface area contributed by atoms with Gasteiger partial charge >= 0.3 is 0 Å². The van der Waals surface area contributed by atoms with Crippen molar-refractivity contribution >= 4 is 16.5 Å². The van der Waals surface area contributed by atoms with Crippen molar-refractivity contribution in [3.8, 4) is 0 Å². The number of hydrogen-bond donors (Lipinski definition) is 1. The summed E-state index contributed by atoms with van der Waals surface area (Å²) in [4.78, 5) is 11.2. The Labute approximate surface area is 124 Å². The lowest BCUT2D eigenvalue weighted by Gasteiger charge is -2.15. The fraction of sp³-hybridized carbons (Fsp3) is 0.467. The van der Waals surface area contributed by atoms with Crippen LogP contribution in [0.25, 0.3) is 0 Å². The molecule has 0 aliphatic rings. The zero-order chi connectivity index (χ0) is 14.4. The van der Waals surface area contributed by atoms with Crippen molar-refractivity contribution in [2.75, 3.05) is 18.5 Å². The third-order valence-corrected chi connectivity index (χ3v) is 3.99. The first-order valence-corrected chi connectivity index (χ1v) is 7.82. The van der Waals surface area contributed by atoms with E-state index in [1.165, 1.54) is 0 Å². The van der Waals surface area contributed by atoms with E-state index in [-0.39, 0.29) is 0 Å². The Morgan fingerprint density at radius 2 is 2.15 bits per heavy atom. The SMILES string of the molecule is CC(C)NCc1csc(N(C)CCc2ccccn2)n1. The molecule has 4 nitrogen and oxygen atoms in total. The second-order valence-corrected chi connectivity index (χ2v) is 5.99. The smallest absolute Gasteiger partial charge is 0.185 e. The first kappa shape index (κ1) is 14.9. The summed E-state index contributed by atoms with van der Waals surface area (Å²) in [5, 5.41) is 6.59. The van der Waals surface area contributed by atoms with Crippen molar-refractivity contribution in [3.05, 3.63) is 41.2 Å². The fourth-order valence-corrected chi connectivity index (χ4v) is 2.60. The normalized spacial score (nSPS) is 11.0. The average Bonchev–Trinajstić information content (AvgIpc) is 2.92. The van der Waals surface area contributed by atoms with Crippen LogP contribution in [0.1, 0.15) is 25.2 Å². The van der Waals surface area contributed by atoms with Crippen LogP contribution >= 0.6 is 11.3 Å². The molecule has 2 aromatic heterocycles. The van der Waals surface area contributed by atoms with E-state index in [0.717, 1.165) is 36.0 Å². The molecule has 2 heterocycles. The van der Waals surface area contributed by atoms with Crippen molar-refractivity contribution in [3.63, 3.8) is 0 Å². The van der Waals surface area contributed by atoms with Gasteiger partial charge in [-0.25, -0.2) is 4.98 Å². The Morgan fingerprint density at radius 1 is 1.30 bits per heavy atom. The van der Waals surface area contributed by atoms with Crippen LogP contribution < -0.4 is 10.2 Å². The lowest BCUT2D eigenvalue weighted by atomic mass is 10.2. The molecule has 5 heteroatoms. The third-order valence-electron chi connectivity index (χ3n) is 2.99. The lowest BCUT2D eigenvalue weighted by molar-refractivity contribution is 0.583. The third kappa shape index (κ3) is 4.58. The van der Waals surface area contributed by atoms with Gasteiger partial charge in [0.1, 0.15) is 0 Å². The van der Waals surface area contributed by atoms with Crippen LogP contribution in [0.4, 0.5) is 5.13 Å². The maximum atomic E-state index is 4.66. The Kier molecular flexibility index (Phi) is 5.49. The molecule has 0 aliphatic heterocycles. The van der Waals surface area contributed by atoms with Crippen LogP contribution in [-0.4, -0.2) is 29.6 Å². The van der Waals surface area contributed by atoms with Crippen molar-refractivity contribution in [1.29, 1.82) is 0 Å². The Hall–Kier alpha value is -1.46. The number of hydrogen-bond acceptors (Lipinski definition) is 5. The topological polar surface area (TPSA) is 41.0 Å². The maximum absolute atomic E-state index is 4.66. The second kappa shape index (κ2) is 7.36. The molecule has 0 amide bonds. The fourth-order valence-electron chi connectivity index (χ4n) is 1.79. The van der Waals surface area contributed by atoms with Crippen LogP contribution in [0.2, 0.25) is 0 Å². The van der Waals surface area contributed by atoms with Crippen LogP contribution in [-0.2, 0) is 13.0 Å². The molecule has 0 bridgehead atoms. The van der Waals surface area contributed by atoms with Gasteiger partial charge in [-0.3, -0.25) is 4.98 Å². The lowest BCUT2D eigenvalue weighted by Crippen LogP contribution is -2.23. The molecule has 1 N–H and O–H groups in total. The van der Waals surface area contributed by atoms with Gasteiger partial charge < -0.3 is 10.2 Å². The molecule has 0 aromatic carbocycles. The van der Waals surface area contributed by atoms with Crippen LogP contribution in [0.15, 0.2) is 29.8 Å². The summed E-state index contributed by atoms with van der Waals surface area (Å²) in [6, 6.07) is 6.53. The predicted octanol–water partition coefficient (Wildman–Crippen LogP) is 2.72. The van der Waals surface area contributed by atoms with E-state index in [0.29, 0.717) is 6.04 Å². The highest BCUT2D eigenvalue weighted by Crippen LogP contribution is 2.19. The zero-order valence-electron chi connectivity index (χ0n) is 12.3. The first-order chi connectivity index (χ1) is 9.65. The number of nitrogens with zero attached hydrogens (tertiary/aromatic N) is 3. The van der Waals surface area contributed by atoms with Gasteiger partial charge in [-0.2, -0.15) is 0 Å². The van der Waals surface area contributed by atoms with Gasteiger partial charge in [0, 0.05) is 49.9 Å². The number of thiazole rings is 1. The summed E-state index contributed by atoms with van der Waals surface area (Å²) < 4.78 is 0. The predicted molar refractivity (Wildman–Crippen MR) is 85.3 cm³/mol. The Balaban J connectivity index is 1.84. The van der Waals surface area contributed by atoms with Gasteiger partial charge in [0.15, 0.2) is 5.13 Å². The van der Waals surface area contributed by atoms with Crippen molar-refractivity contribution in [1.82, 2.24) is 15.3 Å². The molecule has 0 aliphatic carbocycles. The van der Waals surface area contributed by atoms with E-state index in [1.54, 1.807) is 11.3 Å². The largest absolute Gasteiger partial charge is 0.351 e. The summed E-state index contributed by atoms with van der Waals surface area (Å²) in [7, 11) is 2.08. The summed E-state index contributed by atoms with van der Waals surface area (Å²) in [6.07, 6.45) is 2.78. The van der Waals surface area contributed by atoms with E-state index >= 15 is 0 Å². The molecule has 0 unspecified atom stereocenters. The molecule has 0 saturated heterocycles. The highest BCUT2D eigenvalue weighted by Gasteiger charge is 2.07. The summed E-state index contributed by atoms with van der Waals surface area (Å²) in [5.41, 5.74) is 2.24. The molecule has 0 saturated carbocycles. The number of nitrogens with one attached hydrogen (secondary N) is 1.